The second-order valence-electron chi connectivity index (χ2n) is 0.513. The van der Waals surface area contributed by atoms with E-state index in [1.54, 1.807) is 0 Å². The van der Waals surface area contributed by atoms with Crippen LogP contribution in [-0.4, -0.2) is 14.7 Å². The van der Waals surface area contributed by atoms with Crippen molar-refractivity contribution >= 4 is 7.82 Å². The van der Waals surface area contributed by atoms with Crippen LogP contribution in [0.15, 0.2) is 0 Å². The predicted molar refractivity (Wildman–Crippen MR) is 15.4 cm³/mol. The summed E-state index contributed by atoms with van der Waals surface area (Å²) in [6, 6.07) is 0. The molecule has 0 aromatic carbocycles. The Labute approximate surface area is 85.1 Å². The van der Waals surface area contributed by atoms with Gasteiger partial charge in [0.25, 0.3) is 0 Å². The Morgan fingerprint density at radius 1 is 1.25 bits per heavy atom. The Morgan fingerprint density at radius 3 is 1.25 bits per heavy atom. The topological polar surface area (TPSA) is 77.8 Å². The third kappa shape index (κ3) is 103. The van der Waals surface area contributed by atoms with Crippen molar-refractivity contribution in [2.75, 3.05) is 0 Å². The van der Waals surface area contributed by atoms with E-state index in [0.717, 1.165) is 0 Å². The second kappa shape index (κ2) is 8.92. The maximum atomic E-state index is 8.88. The van der Waals surface area contributed by atoms with Crippen LogP contribution >= 0.6 is 7.82 Å². The van der Waals surface area contributed by atoms with Crippen LogP contribution in [0.2, 0.25) is 0 Å². The number of hydrogen-bond donors (Lipinski definition) is 3. The zero-order chi connectivity index (χ0) is 4.50. The van der Waals surface area contributed by atoms with E-state index in [0.29, 0.717) is 0 Å². The second-order valence-corrected chi connectivity index (χ2v) is 1.54. The normalized spacial score (nSPS) is 7.38. The molecule has 0 radical (unpaired) electrons. The molecule has 0 amide bonds. The van der Waals surface area contributed by atoms with E-state index in [9.17, 15) is 0 Å². The molecule has 0 aromatic heterocycles. The molecule has 0 saturated carbocycles. The van der Waals surface area contributed by atoms with E-state index in [1.807, 2.05) is 0 Å². The fraction of sp³-hybridized carbons (Fsp3) is 0. The molecule has 0 spiro atoms. The molecule has 0 bridgehead atoms. The average Bonchev–Trinajstić information content (AvgIpc) is 0.722. The molecule has 0 aliphatic heterocycles. The summed E-state index contributed by atoms with van der Waals surface area (Å²) in [5.74, 6) is 0. The van der Waals surface area contributed by atoms with E-state index in [-0.39, 0.29) is 58.4 Å². The van der Waals surface area contributed by atoms with Crippen molar-refractivity contribution in [3.8, 4) is 0 Å². The zero-order valence-corrected chi connectivity index (χ0v) is 7.96. The molecule has 0 unspecified atom stereocenters. The van der Waals surface area contributed by atoms with Crippen LogP contribution in [0.5, 0.6) is 0 Å². The molecule has 0 aliphatic rings. The summed E-state index contributed by atoms with van der Waals surface area (Å²) in [4.78, 5) is 21.6. The third-order valence-electron chi connectivity index (χ3n) is 0. The first-order valence-electron chi connectivity index (χ1n) is 0.783. The van der Waals surface area contributed by atoms with Crippen LogP contribution in [0.25, 0.3) is 0 Å². The fourth-order valence-electron chi connectivity index (χ4n) is 0. The largest absolute Gasteiger partial charge is 1.00 e. The minimum atomic E-state index is -4.64. The summed E-state index contributed by atoms with van der Waals surface area (Å²) in [5, 5.41) is 0. The van der Waals surface area contributed by atoms with Gasteiger partial charge in [-0.15, -0.1) is 0 Å². The summed E-state index contributed by atoms with van der Waals surface area (Å²) in [7, 11) is -4.64. The quantitative estimate of drug-likeness (QED) is 0.307. The first-order valence-corrected chi connectivity index (χ1v) is 2.35. The molecule has 0 atom stereocenters. The summed E-state index contributed by atoms with van der Waals surface area (Å²) in [6.45, 7) is 0. The smallest absolute Gasteiger partial charge is 1.00 e. The molecule has 0 aliphatic carbocycles. The summed E-state index contributed by atoms with van der Waals surface area (Å²) < 4.78 is 8.88. The van der Waals surface area contributed by atoms with Gasteiger partial charge in [0.05, 0.1) is 0 Å². The summed E-state index contributed by atoms with van der Waals surface area (Å²) >= 11 is 0. The molecule has 0 heterocycles. The van der Waals surface area contributed by atoms with Gasteiger partial charge in [0.15, 0.2) is 0 Å². The van der Waals surface area contributed by atoms with Crippen LogP contribution in [-0.2, 0) is 42.7 Å². The maximum Gasteiger partial charge on any atom is 1.00 e. The van der Waals surface area contributed by atoms with Crippen molar-refractivity contribution in [1.29, 1.82) is 0 Å². The van der Waals surface area contributed by atoms with Gasteiger partial charge in [0, 0.05) is 38.1 Å². The maximum absolute atomic E-state index is 8.88. The average molecular weight is 258 g/mol. The molecule has 0 aromatic rings. The predicted octanol–water partition coefficient (Wildman–Crippen LogP) is -3.82. The summed E-state index contributed by atoms with van der Waals surface area (Å²) in [5.41, 5.74) is 0. The van der Waals surface area contributed by atoms with E-state index in [2.05, 4.69) is 0 Å². The monoisotopic (exact) mass is 260 g/mol. The van der Waals surface area contributed by atoms with Crippen molar-refractivity contribution in [2.24, 2.45) is 0 Å². The number of phosphoric acid groups is 1. The van der Waals surface area contributed by atoms with Crippen molar-refractivity contribution in [2.45, 2.75) is 0 Å². The van der Waals surface area contributed by atoms with E-state index in [1.165, 1.54) is 0 Å². The van der Waals surface area contributed by atoms with Crippen molar-refractivity contribution in [3.05, 3.63) is 0 Å². The molecular weight excluding hydrogens is 254 g/mol. The van der Waals surface area contributed by atoms with Gasteiger partial charge in [-0.1, -0.05) is 0 Å². The first-order chi connectivity index (χ1) is 2.00. The molecule has 48 valence electrons. The van der Waals surface area contributed by atoms with Gasteiger partial charge in [-0.25, -0.2) is 4.57 Å². The number of rotatable bonds is 0. The van der Waals surface area contributed by atoms with Crippen molar-refractivity contribution < 1.29 is 77.7 Å². The molecule has 4 nitrogen and oxygen atoms in total. The minimum Gasteiger partial charge on any atom is -1.00 e. The molecule has 3 N–H and O–H groups in total. The standard InChI is InChI=1S/Fe.Li.Mo.H3O4P.H/c;;;1-5(2,3)4;/h;;;(H3,1,2,3,4);/q;+1;;;-1. The molecular formula is H4FeLiMoO4P. The van der Waals surface area contributed by atoms with Gasteiger partial charge < -0.3 is 16.1 Å². The Hall–Kier alpha value is 1.92. The van der Waals surface area contributed by atoms with Crippen LogP contribution in [0.4, 0.5) is 0 Å². The molecule has 0 rings (SSSR count). The first kappa shape index (κ1) is 22.5. The van der Waals surface area contributed by atoms with Gasteiger partial charge in [-0.2, -0.15) is 0 Å². The SMILES string of the molecule is O=P(O)(O)O.[Fe].[H-].[Li+].[Mo]. The van der Waals surface area contributed by atoms with Gasteiger partial charge >= 0.3 is 26.7 Å². The summed E-state index contributed by atoms with van der Waals surface area (Å²) in [6.07, 6.45) is 0. The Bertz CT molecular complexity index is 66.7. The number of hydrogen-bond acceptors (Lipinski definition) is 1. The van der Waals surface area contributed by atoms with E-state index < -0.39 is 7.82 Å². The van der Waals surface area contributed by atoms with Crippen LogP contribution in [0, 0.1) is 0 Å². The Kier molecular flexibility index (Phi) is 25.1. The van der Waals surface area contributed by atoms with Gasteiger partial charge in [-0.05, 0) is 0 Å². The molecule has 0 saturated heterocycles. The van der Waals surface area contributed by atoms with Crippen molar-refractivity contribution in [1.82, 2.24) is 0 Å². The molecule has 8 heavy (non-hydrogen) atoms. The van der Waals surface area contributed by atoms with Crippen molar-refractivity contribution in [3.63, 3.8) is 0 Å². The minimum absolute atomic E-state index is 0. The Balaban J connectivity index is -0.0000000133. The van der Waals surface area contributed by atoms with E-state index in [4.69, 9.17) is 19.2 Å². The zero-order valence-electron chi connectivity index (χ0n) is 4.96. The van der Waals surface area contributed by atoms with Gasteiger partial charge in [-0.3, -0.25) is 0 Å². The molecule has 8 heteroatoms. The van der Waals surface area contributed by atoms with Gasteiger partial charge in [0.2, 0.25) is 0 Å². The molecule has 0 fully saturated rings. The fourth-order valence-corrected chi connectivity index (χ4v) is 0. The van der Waals surface area contributed by atoms with E-state index >= 15 is 0 Å². The Morgan fingerprint density at radius 2 is 1.25 bits per heavy atom. The third-order valence-corrected chi connectivity index (χ3v) is 0. The van der Waals surface area contributed by atoms with Crippen LogP contribution in [0.1, 0.15) is 1.43 Å². The van der Waals surface area contributed by atoms with Crippen LogP contribution < -0.4 is 18.9 Å². The van der Waals surface area contributed by atoms with Crippen LogP contribution in [0.3, 0.4) is 0 Å². The van der Waals surface area contributed by atoms with Gasteiger partial charge in [0.1, 0.15) is 0 Å².